The molecule has 0 saturated carbocycles. The maximum atomic E-state index is 10.5. The first-order valence-electron chi connectivity index (χ1n) is 9.83. The van der Waals surface area contributed by atoms with Crippen LogP contribution in [0.4, 0.5) is 5.69 Å². The van der Waals surface area contributed by atoms with Crippen LogP contribution in [0.25, 0.3) is 0 Å². The molecule has 5 rings (SSSR count). The smallest absolute Gasteiger partial charge is 0.288 e. The zero-order valence-electron chi connectivity index (χ0n) is 16.0. The summed E-state index contributed by atoms with van der Waals surface area (Å²) in [7, 11) is 0. The van der Waals surface area contributed by atoms with Crippen LogP contribution in [0.3, 0.4) is 0 Å². The summed E-state index contributed by atoms with van der Waals surface area (Å²) in [5, 5.41) is 17.2. The Hall–Kier alpha value is -2.10. The Balaban J connectivity index is 1.58. The molecule has 2 aromatic rings. The number of fused-ring (bicyclic) bond motifs is 2. The minimum absolute atomic E-state index is 0.0636. The van der Waals surface area contributed by atoms with E-state index in [-0.39, 0.29) is 11.9 Å². The van der Waals surface area contributed by atoms with Crippen molar-refractivity contribution in [2.45, 2.75) is 22.5 Å². The third-order valence-corrected chi connectivity index (χ3v) is 6.83. The quantitative estimate of drug-likeness (QED) is 0.490. The van der Waals surface area contributed by atoms with Crippen molar-refractivity contribution in [3.05, 3.63) is 59.7 Å². The third kappa shape index (κ3) is 3.41. The Bertz CT molecular complexity index is 948. The van der Waals surface area contributed by atoms with E-state index in [2.05, 4.69) is 45.7 Å². The largest absolute Gasteiger partial charge is 0.481 e. The Kier molecular flexibility index (Phi) is 4.76. The van der Waals surface area contributed by atoms with E-state index in [0.717, 1.165) is 24.2 Å². The molecule has 1 saturated heterocycles. The number of benzene rings is 2. The lowest BCUT2D eigenvalue weighted by Crippen LogP contribution is -2.66. The molecule has 0 spiro atoms. The van der Waals surface area contributed by atoms with Gasteiger partial charge >= 0.3 is 0 Å². The van der Waals surface area contributed by atoms with E-state index >= 15 is 0 Å². The minimum Gasteiger partial charge on any atom is -0.481 e. The van der Waals surface area contributed by atoms with E-state index in [1.54, 1.807) is 11.9 Å². The lowest BCUT2D eigenvalue weighted by Gasteiger charge is -2.45. The fraction of sp³-hybridized carbons (Fsp3) is 0.381. The monoisotopic (exact) mass is 411 g/mol. The number of aliphatic hydroxyl groups excluding tert-OH is 1. The normalized spacial score (nSPS) is 27.5. The lowest BCUT2D eigenvalue weighted by molar-refractivity contribution is -0.0568. The molecule has 0 radical (unpaired) electrons. The van der Waals surface area contributed by atoms with E-state index in [4.69, 9.17) is 15.5 Å². The van der Waals surface area contributed by atoms with Gasteiger partial charge in [-0.1, -0.05) is 36.4 Å². The minimum atomic E-state index is -0.807. The number of ether oxygens (including phenoxy) is 1. The summed E-state index contributed by atoms with van der Waals surface area (Å²) in [6.07, 6.45) is 0.822. The molecule has 1 fully saturated rings. The SMILES string of the molecule is NC1(CNC2(C3CNSc4ccccc4C3)N=C(O)Nc3ccccc32)COC1. The number of aliphatic hydroxyl groups is 1. The van der Waals surface area contributed by atoms with Gasteiger partial charge in [0.1, 0.15) is 5.66 Å². The predicted molar refractivity (Wildman–Crippen MR) is 115 cm³/mol. The first-order valence-corrected chi connectivity index (χ1v) is 10.6. The van der Waals surface area contributed by atoms with Gasteiger partial charge in [-0.25, -0.2) is 4.99 Å². The summed E-state index contributed by atoms with van der Waals surface area (Å²) in [5.41, 5.74) is 8.36. The molecule has 0 aliphatic carbocycles. The van der Waals surface area contributed by atoms with Crippen molar-refractivity contribution < 1.29 is 9.84 Å². The summed E-state index contributed by atoms with van der Waals surface area (Å²) >= 11 is 1.65. The number of aliphatic imine (C=N–C) groups is 1. The van der Waals surface area contributed by atoms with Gasteiger partial charge < -0.3 is 20.9 Å². The maximum Gasteiger partial charge on any atom is 0.288 e. The zero-order valence-corrected chi connectivity index (χ0v) is 16.8. The number of nitrogens with zero attached hydrogens (tertiary/aromatic N) is 1. The van der Waals surface area contributed by atoms with Gasteiger partial charge in [0.2, 0.25) is 0 Å². The molecule has 152 valence electrons. The number of rotatable bonds is 4. The average molecular weight is 412 g/mol. The highest BCUT2D eigenvalue weighted by atomic mass is 32.2. The third-order valence-electron chi connectivity index (χ3n) is 5.90. The van der Waals surface area contributed by atoms with Gasteiger partial charge in [0, 0.05) is 35.2 Å². The number of hydrogen-bond donors (Lipinski definition) is 5. The summed E-state index contributed by atoms with van der Waals surface area (Å²) in [6, 6.07) is 16.3. The first kappa shape index (κ1) is 18.9. The van der Waals surface area contributed by atoms with Crippen molar-refractivity contribution in [1.82, 2.24) is 10.0 Å². The molecular formula is C21H25N5O2S. The van der Waals surface area contributed by atoms with Crippen molar-refractivity contribution in [2.24, 2.45) is 16.6 Å². The van der Waals surface area contributed by atoms with Crippen LogP contribution in [0.15, 0.2) is 58.4 Å². The van der Waals surface area contributed by atoms with E-state index in [9.17, 15) is 5.11 Å². The Morgan fingerprint density at radius 3 is 2.83 bits per heavy atom. The zero-order chi connectivity index (χ0) is 19.9. The predicted octanol–water partition coefficient (Wildman–Crippen LogP) is 1.97. The number of hydrogen-bond acceptors (Lipinski definition) is 7. The van der Waals surface area contributed by atoms with Crippen LogP contribution in [0.2, 0.25) is 0 Å². The maximum absolute atomic E-state index is 10.5. The highest BCUT2D eigenvalue weighted by Gasteiger charge is 2.47. The molecule has 0 aromatic heterocycles. The highest BCUT2D eigenvalue weighted by Crippen LogP contribution is 2.42. The molecule has 2 unspecified atom stereocenters. The second kappa shape index (κ2) is 7.30. The van der Waals surface area contributed by atoms with Gasteiger partial charge in [-0.2, -0.15) is 0 Å². The number of anilines is 1. The van der Waals surface area contributed by atoms with Crippen LogP contribution >= 0.6 is 11.9 Å². The number of amidine groups is 1. The van der Waals surface area contributed by atoms with Crippen molar-refractivity contribution in [3.8, 4) is 0 Å². The molecule has 3 heterocycles. The van der Waals surface area contributed by atoms with Crippen molar-refractivity contribution in [3.63, 3.8) is 0 Å². The van der Waals surface area contributed by atoms with Crippen LogP contribution in [0, 0.1) is 5.92 Å². The Morgan fingerprint density at radius 1 is 1.21 bits per heavy atom. The van der Waals surface area contributed by atoms with Gasteiger partial charge in [0.15, 0.2) is 0 Å². The average Bonchev–Trinajstić information content (AvgIpc) is 2.93. The van der Waals surface area contributed by atoms with Crippen molar-refractivity contribution in [1.29, 1.82) is 0 Å². The van der Waals surface area contributed by atoms with Gasteiger partial charge in [0.05, 0.1) is 18.8 Å². The summed E-state index contributed by atoms with van der Waals surface area (Å²) in [4.78, 5) is 5.98. The molecule has 3 aliphatic heterocycles. The molecule has 3 aliphatic rings. The highest BCUT2D eigenvalue weighted by molar-refractivity contribution is 7.97. The van der Waals surface area contributed by atoms with Gasteiger partial charge in [-0.15, -0.1) is 0 Å². The van der Waals surface area contributed by atoms with Crippen LogP contribution in [0.5, 0.6) is 0 Å². The first-order chi connectivity index (χ1) is 14.1. The molecule has 7 nitrogen and oxygen atoms in total. The standard InChI is InChI=1S/C21H25N5O2S/c22-20(12-28-13-20)11-23-21(16-6-2-3-7-17(16)25-19(27)26-21)15-9-14-5-1-4-8-18(14)29-24-10-15/h1-8,15,23-24H,9-13,22H2,(H2,25,26,27). The molecule has 6 N–H and O–H groups in total. The number of para-hydroxylation sites is 1. The van der Waals surface area contributed by atoms with Crippen LogP contribution in [0.1, 0.15) is 11.1 Å². The molecule has 0 amide bonds. The van der Waals surface area contributed by atoms with Crippen molar-refractivity contribution in [2.75, 3.05) is 31.6 Å². The van der Waals surface area contributed by atoms with E-state index < -0.39 is 11.2 Å². The van der Waals surface area contributed by atoms with Crippen LogP contribution in [-0.2, 0) is 16.8 Å². The molecule has 29 heavy (non-hydrogen) atoms. The van der Waals surface area contributed by atoms with E-state index in [0.29, 0.717) is 19.8 Å². The second-order valence-electron chi connectivity index (χ2n) is 8.04. The number of nitrogens with two attached hydrogens (primary N) is 1. The molecule has 0 bridgehead atoms. The molecule has 2 atom stereocenters. The fourth-order valence-corrected chi connectivity index (χ4v) is 5.16. The Morgan fingerprint density at radius 2 is 2.00 bits per heavy atom. The van der Waals surface area contributed by atoms with Crippen LogP contribution in [-0.4, -0.2) is 43.0 Å². The van der Waals surface area contributed by atoms with Gasteiger partial charge in [-0.3, -0.25) is 10.0 Å². The molecule has 2 aromatic carbocycles. The Labute approximate surface area is 174 Å². The second-order valence-corrected chi connectivity index (χ2v) is 8.97. The number of nitrogens with one attached hydrogen (secondary N) is 3. The fourth-order valence-electron chi connectivity index (χ4n) is 4.29. The topological polar surface area (TPSA) is 104 Å². The molecular weight excluding hydrogens is 386 g/mol. The lowest BCUT2D eigenvalue weighted by atomic mass is 9.79. The summed E-state index contributed by atoms with van der Waals surface area (Å²) < 4.78 is 8.83. The van der Waals surface area contributed by atoms with E-state index in [1.165, 1.54) is 10.5 Å². The summed E-state index contributed by atoms with van der Waals surface area (Å²) in [5.74, 6) is 0.0636. The van der Waals surface area contributed by atoms with Gasteiger partial charge in [0.25, 0.3) is 6.02 Å². The summed E-state index contributed by atoms with van der Waals surface area (Å²) in [6.45, 7) is 2.31. The molecule has 8 heteroatoms. The van der Waals surface area contributed by atoms with Gasteiger partial charge in [-0.05, 0) is 36.1 Å². The van der Waals surface area contributed by atoms with E-state index in [1.807, 2.05) is 18.2 Å². The van der Waals surface area contributed by atoms with Crippen LogP contribution < -0.4 is 21.1 Å². The van der Waals surface area contributed by atoms with Crippen molar-refractivity contribution >= 4 is 23.7 Å².